The van der Waals surface area contributed by atoms with Crippen LogP contribution in [0.15, 0.2) is 35.4 Å². The van der Waals surface area contributed by atoms with Gasteiger partial charge in [-0.25, -0.2) is 0 Å². The summed E-state index contributed by atoms with van der Waals surface area (Å²) in [5, 5.41) is 8.70. The van der Waals surface area contributed by atoms with E-state index in [1.807, 2.05) is 24.0 Å². The summed E-state index contributed by atoms with van der Waals surface area (Å²) < 4.78 is 0. The van der Waals surface area contributed by atoms with Crippen LogP contribution in [0.25, 0.3) is 0 Å². The van der Waals surface area contributed by atoms with Gasteiger partial charge in [-0.15, -0.1) is 11.8 Å². The second-order valence-corrected chi connectivity index (χ2v) is 9.75. The molecule has 1 unspecified atom stereocenters. The number of halogens is 1. The fraction of sp³-hybridized carbons (Fsp3) is 0.522. The van der Waals surface area contributed by atoms with Gasteiger partial charge in [0.2, 0.25) is 0 Å². The van der Waals surface area contributed by atoms with E-state index >= 15 is 0 Å². The van der Waals surface area contributed by atoms with Crippen molar-refractivity contribution < 1.29 is 0 Å². The molecule has 2 aromatic rings. The Bertz CT molecular complexity index is 787. The Labute approximate surface area is 178 Å². The van der Waals surface area contributed by atoms with Crippen LogP contribution in [0, 0.1) is 0 Å². The van der Waals surface area contributed by atoms with Gasteiger partial charge in [0.05, 0.1) is 22.4 Å². The summed E-state index contributed by atoms with van der Waals surface area (Å²) in [4.78, 5) is 6.05. The smallest absolute Gasteiger partial charge is 0.0657 e. The third kappa shape index (κ3) is 4.84. The maximum atomic E-state index is 6.57. The minimum absolute atomic E-state index is 0.119. The standard InChI is InChI=1S/C23H30ClN3S/c1-16(22-10-8-19(15-26-22)28-18-5-3-2-4-6-18)27-23-20-12-14-25-13-11-17(20)7-9-21(23)24/h7-10,15-16,18,25,27H,2-6,11-14H2,1H3. The van der Waals surface area contributed by atoms with Crippen LogP contribution in [0.3, 0.4) is 0 Å². The van der Waals surface area contributed by atoms with E-state index in [1.54, 1.807) is 0 Å². The van der Waals surface area contributed by atoms with Gasteiger partial charge in [0, 0.05) is 16.3 Å². The van der Waals surface area contributed by atoms with Crippen molar-refractivity contribution in [1.29, 1.82) is 0 Å². The molecule has 2 N–H and O–H groups in total. The predicted molar refractivity (Wildman–Crippen MR) is 121 cm³/mol. The molecular formula is C23H30ClN3S. The van der Waals surface area contributed by atoms with Gasteiger partial charge < -0.3 is 10.6 Å². The Morgan fingerprint density at radius 1 is 1.11 bits per heavy atom. The molecule has 2 aliphatic rings. The molecular weight excluding hydrogens is 386 g/mol. The number of pyridine rings is 1. The minimum Gasteiger partial charge on any atom is -0.376 e. The predicted octanol–water partition coefficient (Wildman–Crippen LogP) is 6.02. The first-order valence-electron chi connectivity index (χ1n) is 10.6. The third-order valence-corrected chi connectivity index (χ3v) is 7.53. The molecule has 1 saturated carbocycles. The monoisotopic (exact) mass is 415 g/mol. The Morgan fingerprint density at radius 2 is 1.93 bits per heavy atom. The van der Waals surface area contributed by atoms with E-state index in [4.69, 9.17) is 16.6 Å². The number of rotatable bonds is 5. The lowest BCUT2D eigenvalue weighted by molar-refractivity contribution is 0.516. The number of benzene rings is 1. The van der Waals surface area contributed by atoms with E-state index < -0.39 is 0 Å². The zero-order valence-corrected chi connectivity index (χ0v) is 18.2. The van der Waals surface area contributed by atoms with E-state index in [2.05, 4.69) is 35.8 Å². The van der Waals surface area contributed by atoms with Crippen molar-refractivity contribution in [2.45, 2.75) is 68.1 Å². The van der Waals surface area contributed by atoms with Crippen molar-refractivity contribution in [2.75, 3.05) is 18.4 Å². The van der Waals surface area contributed by atoms with Gasteiger partial charge in [-0.1, -0.05) is 36.9 Å². The summed E-state index contributed by atoms with van der Waals surface area (Å²) in [6.45, 7) is 4.20. The average Bonchev–Trinajstić information content (AvgIpc) is 2.97. The Morgan fingerprint density at radius 3 is 2.71 bits per heavy atom. The first-order chi connectivity index (χ1) is 13.7. The molecule has 1 atom stereocenters. The molecule has 0 amide bonds. The van der Waals surface area contributed by atoms with E-state index in [9.17, 15) is 0 Å². The van der Waals surface area contributed by atoms with Gasteiger partial charge in [-0.3, -0.25) is 4.98 Å². The van der Waals surface area contributed by atoms with Gasteiger partial charge in [-0.2, -0.15) is 0 Å². The van der Waals surface area contributed by atoms with Crippen LogP contribution in [0.5, 0.6) is 0 Å². The molecule has 3 nitrogen and oxygen atoms in total. The zero-order chi connectivity index (χ0) is 19.3. The molecule has 1 aliphatic carbocycles. The van der Waals surface area contributed by atoms with Crippen LogP contribution in [0.4, 0.5) is 5.69 Å². The zero-order valence-electron chi connectivity index (χ0n) is 16.6. The molecule has 0 bridgehead atoms. The van der Waals surface area contributed by atoms with E-state index in [1.165, 1.54) is 48.1 Å². The molecule has 0 saturated heterocycles. The van der Waals surface area contributed by atoms with Crippen molar-refractivity contribution in [2.24, 2.45) is 0 Å². The summed E-state index contributed by atoms with van der Waals surface area (Å²) in [6.07, 6.45) is 11.0. The molecule has 150 valence electrons. The summed E-state index contributed by atoms with van der Waals surface area (Å²) in [5.74, 6) is 0. The van der Waals surface area contributed by atoms with Gasteiger partial charge >= 0.3 is 0 Å². The molecule has 1 aromatic carbocycles. The van der Waals surface area contributed by atoms with Crippen LogP contribution in [0.2, 0.25) is 5.02 Å². The summed E-state index contributed by atoms with van der Waals surface area (Å²) in [5.41, 5.74) is 4.90. The van der Waals surface area contributed by atoms with Gasteiger partial charge in [-0.05, 0) is 75.0 Å². The fourth-order valence-corrected chi connectivity index (χ4v) is 5.73. The first-order valence-corrected chi connectivity index (χ1v) is 11.9. The van der Waals surface area contributed by atoms with Crippen LogP contribution >= 0.6 is 23.4 Å². The third-order valence-electron chi connectivity index (χ3n) is 5.90. The number of thioether (sulfide) groups is 1. The highest BCUT2D eigenvalue weighted by atomic mass is 35.5. The van der Waals surface area contributed by atoms with Crippen LogP contribution in [-0.2, 0) is 12.8 Å². The SMILES string of the molecule is CC(Nc1c(Cl)ccc2c1CCNCC2)c1ccc(SC2CCCCC2)cn1. The highest BCUT2D eigenvalue weighted by molar-refractivity contribution is 8.00. The molecule has 5 heteroatoms. The van der Waals surface area contributed by atoms with Crippen molar-refractivity contribution in [3.05, 3.63) is 52.3 Å². The summed E-state index contributed by atoms with van der Waals surface area (Å²) in [7, 11) is 0. The lowest BCUT2D eigenvalue weighted by Crippen LogP contribution is -2.16. The number of nitrogens with zero attached hydrogens (tertiary/aromatic N) is 1. The van der Waals surface area contributed by atoms with Gasteiger partial charge in [0.15, 0.2) is 0 Å². The Kier molecular flexibility index (Phi) is 6.81. The Hall–Kier alpha value is -1.23. The van der Waals surface area contributed by atoms with Crippen LogP contribution in [-0.4, -0.2) is 23.3 Å². The van der Waals surface area contributed by atoms with E-state index in [0.717, 1.165) is 47.6 Å². The number of aromatic nitrogens is 1. The molecule has 1 aliphatic heterocycles. The number of hydrogen-bond acceptors (Lipinski definition) is 4. The van der Waals surface area contributed by atoms with Crippen LogP contribution in [0.1, 0.15) is 61.9 Å². The second-order valence-electron chi connectivity index (χ2n) is 7.97. The lowest BCUT2D eigenvalue weighted by atomic mass is 10.00. The average molecular weight is 416 g/mol. The van der Waals surface area contributed by atoms with Crippen molar-refractivity contribution in [1.82, 2.24) is 10.3 Å². The van der Waals surface area contributed by atoms with E-state index in [-0.39, 0.29) is 6.04 Å². The normalized spacial score (nSPS) is 18.9. The quantitative estimate of drug-likeness (QED) is 0.625. The molecule has 0 radical (unpaired) electrons. The topological polar surface area (TPSA) is 37.0 Å². The molecule has 1 fully saturated rings. The van der Waals surface area contributed by atoms with Crippen LogP contribution < -0.4 is 10.6 Å². The number of fused-ring (bicyclic) bond motifs is 1. The number of hydrogen-bond donors (Lipinski definition) is 2. The maximum absolute atomic E-state index is 6.57. The molecule has 4 rings (SSSR count). The maximum Gasteiger partial charge on any atom is 0.0657 e. The minimum atomic E-state index is 0.119. The number of nitrogens with one attached hydrogen (secondary N) is 2. The van der Waals surface area contributed by atoms with E-state index in [0.29, 0.717) is 0 Å². The van der Waals surface area contributed by atoms with Crippen molar-refractivity contribution in [3.63, 3.8) is 0 Å². The highest BCUT2D eigenvalue weighted by Gasteiger charge is 2.18. The molecule has 2 heterocycles. The summed E-state index contributed by atoms with van der Waals surface area (Å²) in [6, 6.07) is 8.72. The van der Waals surface area contributed by atoms with Crippen molar-refractivity contribution in [3.8, 4) is 0 Å². The Balaban J connectivity index is 1.46. The lowest BCUT2D eigenvalue weighted by Gasteiger charge is -2.22. The summed E-state index contributed by atoms with van der Waals surface area (Å²) >= 11 is 8.57. The van der Waals surface area contributed by atoms with Gasteiger partial charge in [0.1, 0.15) is 0 Å². The molecule has 1 aromatic heterocycles. The second kappa shape index (κ2) is 9.51. The largest absolute Gasteiger partial charge is 0.376 e. The van der Waals surface area contributed by atoms with Crippen molar-refractivity contribution >= 4 is 29.1 Å². The number of anilines is 1. The molecule has 28 heavy (non-hydrogen) atoms. The molecule has 0 spiro atoms. The highest BCUT2D eigenvalue weighted by Crippen LogP contribution is 2.35. The first kappa shape index (κ1) is 20.1. The fourth-order valence-electron chi connectivity index (χ4n) is 4.28. The van der Waals surface area contributed by atoms with Gasteiger partial charge in [0.25, 0.3) is 0 Å².